The van der Waals surface area contributed by atoms with Gasteiger partial charge in [0.25, 0.3) is 5.91 Å². The molecule has 6 nitrogen and oxygen atoms in total. The number of carbonyl (C=O) groups excluding carboxylic acids is 1. The third-order valence-electron chi connectivity index (χ3n) is 3.26. The first kappa shape index (κ1) is 18.0. The van der Waals surface area contributed by atoms with Gasteiger partial charge in [-0.05, 0) is 24.3 Å². The Morgan fingerprint density at radius 1 is 1.17 bits per heavy atom. The quantitative estimate of drug-likeness (QED) is 0.788. The van der Waals surface area contributed by atoms with Crippen molar-refractivity contribution in [2.75, 3.05) is 19.4 Å². The van der Waals surface area contributed by atoms with E-state index in [-0.39, 0.29) is 30.6 Å². The molecule has 0 saturated carbocycles. The minimum Gasteiger partial charge on any atom is -0.489 e. The molecule has 0 atom stereocenters. The smallest absolute Gasteiger partial charge is 0.251 e. The summed E-state index contributed by atoms with van der Waals surface area (Å²) in [5.74, 6) is 0.140. The number of carbonyl (C=O) groups is 1. The van der Waals surface area contributed by atoms with Gasteiger partial charge in [-0.15, -0.1) is 0 Å². The van der Waals surface area contributed by atoms with Crippen molar-refractivity contribution in [1.82, 2.24) is 5.32 Å². The second-order valence-electron chi connectivity index (χ2n) is 5.18. The number of nitrogens with one attached hydrogen (secondary N) is 1. The second kappa shape index (κ2) is 7.94. The lowest BCUT2D eigenvalue weighted by molar-refractivity contribution is 0.0944. The summed E-state index contributed by atoms with van der Waals surface area (Å²) in [6.07, 6.45) is 1.15. The van der Waals surface area contributed by atoms with Crippen molar-refractivity contribution < 1.29 is 23.1 Å². The lowest BCUT2D eigenvalue weighted by Gasteiger charge is -2.11. The van der Waals surface area contributed by atoms with Gasteiger partial charge in [0.1, 0.15) is 12.4 Å². The van der Waals surface area contributed by atoms with Crippen molar-refractivity contribution in [1.29, 1.82) is 0 Å². The maximum atomic E-state index is 11.9. The number of aliphatic hydroxyl groups is 1. The number of hydrogen-bond donors (Lipinski definition) is 2. The van der Waals surface area contributed by atoms with Crippen LogP contribution in [0.5, 0.6) is 5.75 Å². The van der Waals surface area contributed by atoms with Crippen LogP contribution in [0.4, 0.5) is 0 Å². The van der Waals surface area contributed by atoms with E-state index in [1.54, 1.807) is 42.5 Å². The number of ether oxygens (including phenoxy) is 1. The fourth-order valence-corrected chi connectivity index (χ4v) is 3.07. The lowest BCUT2D eigenvalue weighted by Crippen LogP contribution is -2.26. The molecule has 0 bridgehead atoms. The van der Waals surface area contributed by atoms with E-state index in [4.69, 9.17) is 9.84 Å². The maximum absolute atomic E-state index is 11.9. The molecule has 0 aromatic heterocycles. The first-order valence-corrected chi connectivity index (χ1v) is 9.21. The van der Waals surface area contributed by atoms with Crippen molar-refractivity contribution in [3.8, 4) is 5.75 Å². The number of rotatable bonds is 7. The topological polar surface area (TPSA) is 92.7 Å². The average molecular weight is 349 g/mol. The molecule has 0 saturated heterocycles. The molecule has 24 heavy (non-hydrogen) atoms. The highest BCUT2D eigenvalue weighted by atomic mass is 32.2. The molecule has 0 unspecified atom stereocenters. The van der Waals surface area contributed by atoms with Gasteiger partial charge >= 0.3 is 0 Å². The Morgan fingerprint density at radius 3 is 2.62 bits per heavy atom. The number of sulfone groups is 1. The molecule has 2 rings (SSSR count). The van der Waals surface area contributed by atoms with Crippen molar-refractivity contribution in [2.24, 2.45) is 0 Å². The zero-order valence-corrected chi connectivity index (χ0v) is 14.0. The molecule has 0 aliphatic heterocycles. The van der Waals surface area contributed by atoms with Crippen LogP contribution in [0.25, 0.3) is 0 Å². The molecule has 2 aromatic carbocycles. The third-order valence-corrected chi connectivity index (χ3v) is 4.46. The average Bonchev–Trinajstić information content (AvgIpc) is 2.57. The van der Waals surface area contributed by atoms with Crippen LogP contribution in [0.2, 0.25) is 0 Å². The zero-order chi connectivity index (χ0) is 17.6. The summed E-state index contributed by atoms with van der Waals surface area (Å²) in [5, 5.41) is 11.3. The van der Waals surface area contributed by atoms with E-state index in [1.807, 2.05) is 0 Å². The van der Waals surface area contributed by atoms with Gasteiger partial charge in [0.05, 0.1) is 11.5 Å². The van der Waals surface area contributed by atoms with Crippen LogP contribution in [0, 0.1) is 0 Å². The van der Waals surface area contributed by atoms with Crippen molar-refractivity contribution in [3.05, 3.63) is 59.7 Å². The van der Waals surface area contributed by atoms with E-state index in [2.05, 4.69) is 5.32 Å². The van der Waals surface area contributed by atoms with Crippen LogP contribution in [-0.4, -0.2) is 38.8 Å². The first-order chi connectivity index (χ1) is 11.4. The number of hydrogen-bond acceptors (Lipinski definition) is 5. The van der Waals surface area contributed by atoms with Crippen LogP contribution in [0.1, 0.15) is 15.9 Å². The van der Waals surface area contributed by atoms with Gasteiger partial charge in [0.15, 0.2) is 9.84 Å². The SMILES string of the molecule is CS(=O)(=O)c1ccccc1COc1cccc(C(=O)NCCO)c1. The standard InChI is InChI=1S/C17H19NO5S/c1-24(21,22)16-8-3-2-5-14(16)12-23-15-7-4-6-13(11-15)17(20)18-9-10-19/h2-8,11,19H,9-10,12H2,1H3,(H,18,20). The highest BCUT2D eigenvalue weighted by molar-refractivity contribution is 7.90. The summed E-state index contributed by atoms with van der Waals surface area (Å²) < 4.78 is 29.2. The van der Waals surface area contributed by atoms with E-state index < -0.39 is 9.84 Å². The first-order valence-electron chi connectivity index (χ1n) is 7.31. The Kier molecular flexibility index (Phi) is 5.94. The molecule has 0 fully saturated rings. The molecule has 1 amide bonds. The zero-order valence-electron chi connectivity index (χ0n) is 13.2. The summed E-state index contributed by atoms with van der Waals surface area (Å²) in [7, 11) is -3.34. The molecule has 7 heteroatoms. The van der Waals surface area contributed by atoms with Gasteiger partial charge in [-0.1, -0.05) is 24.3 Å². The highest BCUT2D eigenvalue weighted by Crippen LogP contribution is 2.19. The largest absolute Gasteiger partial charge is 0.489 e. The fraction of sp³-hybridized carbons (Fsp3) is 0.235. The molecular weight excluding hydrogens is 330 g/mol. The summed E-state index contributed by atoms with van der Waals surface area (Å²) in [6, 6.07) is 13.2. The molecule has 0 aliphatic rings. The molecule has 2 aromatic rings. The molecule has 128 valence electrons. The lowest BCUT2D eigenvalue weighted by atomic mass is 10.2. The van der Waals surface area contributed by atoms with Crippen molar-refractivity contribution >= 4 is 15.7 Å². The van der Waals surface area contributed by atoms with Gasteiger partial charge < -0.3 is 15.2 Å². The normalized spacial score (nSPS) is 11.1. The predicted octanol–water partition coefficient (Wildman–Crippen LogP) is 1.39. The maximum Gasteiger partial charge on any atom is 0.251 e. The molecule has 0 aliphatic carbocycles. The predicted molar refractivity (Wildman–Crippen MR) is 89.7 cm³/mol. The van der Waals surface area contributed by atoms with Crippen LogP contribution in [-0.2, 0) is 16.4 Å². The van der Waals surface area contributed by atoms with Crippen molar-refractivity contribution in [3.63, 3.8) is 0 Å². The van der Waals surface area contributed by atoms with E-state index in [9.17, 15) is 13.2 Å². The molecule has 0 heterocycles. The summed E-state index contributed by atoms with van der Waals surface area (Å²) >= 11 is 0. The Balaban J connectivity index is 2.12. The number of aliphatic hydroxyl groups excluding tert-OH is 1. The Labute approximate surface area is 141 Å². The van der Waals surface area contributed by atoms with Gasteiger partial charge in [-0.3, -0.25) is 4.79 Å². The fourth-order valence-electron chi connectivity index (χ4n) is 2.14. The summed E-state index contributed by atoms with van der Waals surface area (Å²) in [6.45, 7) is 0.112. The second-order valence-corrected chi connectivity index (χ2v) is 7.16. The minimum atomic E-state index is -3.34. The monoisotopic (exact) mass is 349 g/mol. The Morgan fingerprint density at radius 2 is 1.92 bits per heavy atom. The van der Waals surface area contributed by atoms with Gasteiger partial charge in [-0.25, -0.2) is 8.42 Å². The van der Waals surface area contributed by atoms with Gasteiger partial charge in [0, 0.05) is 23.9 Å². The van der Waals surface area contributed by atoms with Crippen LogP contribution >= 0.6 is 0 Å². The van der Waals surface area contributed by atoms with Crippen LogP contribution in [0.15, 0.2) is 53.4 Å². The van der Waals surface area contributed by atoms with E-state index in [0.717, 1.165) is 6.26 Å². The third kappa shape index (κ3) is 4.81. The van der Waals surface area contributed by atoms with Gasteiger partial charge in [0.2, 0.25) is 0 Å². The molecular formula is C17H19NO5S. The highest BCUT2D eigenvalue weighted by Gasteiger charge is 2.13. The Hall–Kier alpha value is -2.38. The Bertz CT molecular complexity index is 817. The van der Waals surface area contributed by atoms with Crippen molar-refractivity contribution in [2.45, 2.75) is 11.5 Å². The van der Waals surface area contributed by atoms with E-state index in [1.165, 1.54) is 6.07 Å². The van der Waals surface area contributed by atoms with Crippen LogP contribution in [0.3, 0.4) is 0 Å². The molecule has 0 spiro atoms. The van der Waals surface area contributed by atoms with Gasteiger partial charge in [-0.2, -0.15) is 0 Å². The minimum absolute atomic E-state index is 0.0744. The summed E-state index contributed by atoms with van der Waals surface area (Å²) in [5.41, 5.74) is 0.951. The summed E-state index contributed by atoms with van der Waals surface area (Å²) in [4.78, 5) is 12.1. The number of benzene rings is 2. The molecule has 2 N–H and O–H groups in total. The van der Waals surface area contributed by atoms with E-state index in [0.29, 0.717) is 16.9 Å². The number of amides is 1. The van der Waals surface area contributed by atoms with E-state index >= 15 is 0 Å². The van der Waals surface area contributed by atoms with Crippen LogP contribution < -0.4 is 10.1 Å². The molecule has 0 radical (unpaired) electrons.